The van der Waals surface area contributed by atoms with Crippen LogP contribution in [0.1, 0.15) is 16.8 Å². The number of nitrogens with one attached hydrogen (secondary N) is 3. The van der Waals surface area contributed by atoms with Gasteiger partial charge in [-0.1, -0.05) is 6.07 Å². The van der Waals surface area contributed by atoms with E-state index in [1.807, 2.05) is 14.1 Å². The average molecular weight is 262 g/mol. The zero-order chi connectivity index (χ0) is 13.8. The van der Waals surface area contributed by atoms with Gasteiger partial charge in [-0.2, -0.15) is 0 Å². The molecule has 2 rings (SSSR count). The van der Waals surface area contributed by atoms with Crippen LogP contribution in [0.4, 0.5) is 0 Å². The molecule has 0 spiro atoms. The van der Waals surface area contributed by atoms with Gasteiger partial charge in [-0.3, -0.25) is 4.79 Å². The fourth-order valence-corrected chi connectivity index (χ4v) is 1.94. The lowest BCUT2D eigenvalue weighted by Crippen LogP contribution is -2.27. The number of aromatic nitrogens is 2. The molecule has 0 bridgehead atoms. The fourth-order valence-electron chi connectivity index (χ4n) is 1.94. The summed E-state index contributed by atoms with van der Waals surface area (Å²) < 4.78 is 0. The molecule has 1 amide bonds. The van der Waals surface area contributed by atoms with Gasteiger partial charge >= 0.3 is 5.69 Å². The monoisotopic (exact) mass is 262 g/mol. The quantitative estimate of drug-likeness (QED) is 0.688. The summed E-state index contributed by atoms with van der Waals surface area (Å²) in [7, 11) is 3.99. The van der Waals surface area contributed by atoms with E-state index in [-0.39, 0.29) is 11.6 Å². The van der Waals surface area contributed by atoms with Crippen LogP contribution in [0.5, 0.6) is 0 Å². The first kappa shape index (κ1) is 13.4. The Bertz CT molecular complexity index is 627. The lowest BCUT2D eigenvalue weighted by molar-refractivity contribution is 0.0954. The number of benzene rings is 1. The highest BCUT2D eigenvalue weighted by molar-refractivity contribution is 6.04. The van der Waals surface area contributed by atoms with Crippen molar-refractivity contribution in [2.24, 2.45) is 0 Å². The van der Waals surface area contributed by atoms with E-state index in [9.17, 15) is 9.59 Å². The van der Waals surface area contributed by atoms with Crippen LogP contribution in [0, 0.1) is 0 Å². The predicted molar refractivity (Wildman–Crippen MR) is 74.4 cm³/mol. The number of hydrogen-bond donors (Lipinski definition) is 3. The summed E-state index contributed by atoms with van der Waals surface area (Å²) in [5, 5.41) is 2.85. The minimum absolute atomic E-state index is 0.167. The molecule has 0 aliphatic rings. The molecule has 0 aliphatic carbocycles. The van der Waals surface area contributed by atoms with Gasteiger partial charge < -0.3 is 20.2 Å². The van der Waals surface area contributed by atoms with Gasteiger partial charge in [-0.05, 0) is 39.2 Å². The summed E-state index contributed by atoms with van der Waals surface area (Å²) >= 11 is 0. The highest BCUT2D eigenvalue weighted by Gasteiger charge is 2.11. The highest BCUT2D eigenvalue weighted by atomic mass is 16.2. The van der Waals surface area contributed by atoms with Crippen molar-refractivity contribution in [2.45, 2.75) is 6.42 Å². The van der Waals surface area contributed by atoms with Crippen LogP contribution in [0.15, 0.2) is 23.0 Å². The van der Waals surface area contributed by atoms with Crippen LogP contribution < -0.4 is 11.0 Å². The molecule has 1 aromatic heterocycles. The Morgan fingerprint density at radius 1 is 1.32 bits per heavy atom. The number of amides is 1. The third-order valence-electron chi connectivity index (χ3n) is 2.86. The number of H-pyrrole nitrogens is 2. The molecular weight excluding hydrogens is 244 g/mol. The lowest BCUT2D eigenvalue weighted by atomic mass is 10.1. The maximum Gasteiger partial charge on any atom is 0.323 e. The Hall–Kier alpha value is -2.08. The molecule has 6 heteroatoms. The molecule has 0 aliphatic heterocycles. The Morgan fingerprint density at radius 2 is 2.11 bits per heavy atom. The van der Waals surface area contributed by atoms with Crippen LogP contribution in [0.2, 0.25) is 0 Å². The third kappa shape index (κ3) is 3.23. The minimum atomic E-state index is -0.303. The zero-order valence-corrected chi connectivity index (χ0v) is 11.1. The van der Waals surface area contributed by atoms with Crippen molar-refractivity contribution < 1.29 is 4.79 Å². The standard InChI is InChI=1S/C13H18N4O2/c1-17(2)8-4-7-14-12(18)9-5-3-6-10-11(9)16-13(19)15-10/h3,5-6H,4,7-8H2,1-2H3,(H,14,18)(H2,15,16,19). The second-order valence-corrected chi connectivity index (χ2v) is 4.72. The number of nitrogens with zero attached hydrogens (tertiary/aromatic N) is 1. The van der Waals surface area contributed by atoms with Gasteiger partial charge in [0.25, 0.3) is 5.91 Å². The Labute approximate surface area is 110 Å². The van der Waals surface area contributed by atoms with E-state index < -0.39 is 0 Å². The van der Waals surface area contributed by atoms with E-state index in [1.54, 1.807) is 18.2 Å². The molecule has 19 heavy (non-hydrogen) atoms. The number of carbonyl (C=O) groups excluding carboxylic acids is 1. The molecule has 0 unspecified atom stereocenters. The van der Waals surface area contributed by atoms with Crippen LogP contribution in [0.25, 0.3) is 11.0 Å². The topological polar surface area (TPSA) is 81.0 Å². The van der Waals surface area contributed by atoms with Gasteiger partial charge in [-0.15, -0.1) is 0 Å². The Morgan fingerprint density at radius 3 is 2.84 bits per heavy atom. The number of rotatable bonds is 5. The SMILES string of the molecule is CN(C)CCCNC(=O)c1cccc2[nH]c(=O)[nH]c12. The number of para-hydroxylation sites is 1. The van der Waals surface area contributed by atoms with Crippen LogP contribution in [-0.4, -0.2) is 48.0 Å². The van der Waals surface area contributed by atoms with E-state index in [0.717, 1.165) is 13.0 Å². The molecule has 1 aromatic carbocycles. The van der Waals surface area contributed by atoms with Gasteiger partial charge in [0.2, 0.25) is 0 Å². The van der Waals surface area contributed by atoms with E-state index in [1.165, 1.54) is 0 Å². The van der Waals surface area contributed by atoms with Gasteiger partial charge in [0.15, 0.2) is 0 Å². The number of carbonyl (C=O) groups is 1. The van der Waals surface area contributed by atoms with Gasteiger partial charge in [0, 0.05) is 6.54 Å². The van der Waals surface area contributed by atoms with Gasteiger partial charge in [0.05, 0.1) is 16.6 Å². The van der Waals surface area contributed by atoms with Crippen LogP contribution >= 0.6 is 0 Å². The van der Waals surface area contributed by atoms with E-state index in [0.29, 0.717) is 23.1 Å². The number of imidazole rings is 1. The molecule has 0 saturated carbocycles. The summed E-state index contributed by atoms with van der Waals surface area (Å²) in [4.78, 5) is 30.6. The first-order valence-corrected chi connectivity index (χ1v) is 6.22. The lowest BCUT2D eigenvalue weighted by Gasteiger charge is -2.10. The first-order chi connectivity index (χ1) is 9.08. The zero-order valence-electron chi connectivity index (χ0n) is 11.1. The second-order valence-electron chi connectivity index (χ2n) is 4.72. The van der Waals surface area contributed by atoms with Crippen molar-refractivity contribution in [2.75, 3.05) is 27.2 Å². The molecule has 6 nitrogen and oxygen atoms in total. The maximum atomic E-state index is 12.1. The van der Waals surface area contributed by atoms with Crippen molar-refractivity contribution in [1.82, 2.24) is 20.2 Å². The van der Waals surface area contributed by atoms with Gasteiger partial charge in [0.1, 0.15) is 0 Å². The van der Waals surface area contributed by atoms with E-state index in [4.69, 9.17) is 0 Å². The molecule has 1 heterocycles. The normalized spacial score (nSPS) is 11.1. The molecule has 0 radical (unpaired) electrons. The van der Waals surface area contributed by atoms with Crippen molar-refractivity contribution in [3.8, 4) is 0 Å². The molecule has 0 atom stereocenters. The summed E-state index contributed by atoms with van der Waals surface area (Å²) in [6.07, 6.45) is 0.887. The first-order valence-electron chi connectivity index (χ1n) is 6.22. The van der Waals surface area contributed by atoms with E-state index >= 15 is 0 Å². The predicted octanol–water partition coefficient (Wildman–Crippen LogP) is 0.538. The van der Waals surface area contributed by atoms with Crippen LogP contribution in [-0.2, 0) is 0 Å². The summed E-state index contributed by atoms with van der Waals surface area (Å²) in [6.45, 7) is 1.54. The van der Waals surface area contributed by atoms with Gasteiger partial charge in [-0.25, -0.2) is 4.79 Å². The second kappa shape index (κ2) is 5.71. The molecule has 102 valence electrons. The highest BCUT2D eigenvalue weighted by Crippen LogP contribution is 2.12. The Balaban J connectivity index is 2.07. The number of fused-ring (bicyclic) bond motifs is 1. The molecular formula is C13H18N4O2. The fraction of sp³-hybridized carbons (Fsp3) is 0.385. The summed E-state index contributed by atoms with van der Waals surface area (Å²) in [5.74, 6) is -0.167. The Kier molecular flexibility index (Phi) is 4.01. The molecule has 3 N–H and O–H groups in total. The summed E-state index contributed by atoms with van der Waals surface area (Å²) in [5.41, 5.74) is 1.38. The van der Waals surface area contributed by atoms with Crippen molar-refractivity contribution in [3.05, 3.63) is 34.2 Å². The summed E-state index contributed by atoms with van der Waals surface area (Å²) in [6, 6.07) is 5.21. The maximum absolute atomic E-state index is 12.1. The van der Waals surface area contributed by atoms with Crippen molar-refractivity contribution in [3.63, 3.8) is 0 Å². The molecule has 0 saturated heterocycles. The number of aromatic amines is 2. The van der Waals surface area contributed by atoms with Crippen LogP contribution in [0.3, 0.4) is 0 Å². The minimum Gasteiger partial charge on any atom is -0.352 e. The number of hydrogen-bond acceptors (Lipinski definition) is 3. The largest absolute Gasteiger partial charge is 0.352 e. The smallest absolute Gasteiger partial charge is 0.323 e. The van der Waals surface area contributed by atoms with E-state index in [2.05, 4.69) is 20.2 Å². The third-order valence-corrected chi connectivity index (χ3v) is 2.86. The van der Waals surface area contributed by atoms with Crippen molar-refractivity contribution >= 4 is 16.9 Å². The molecule has 0 fully saturated rings. The average Bonchev–Trinajstić information content (AvgIpc) is 2.73. The molecule has 2 aromatic rings. The van der Waals surface area contributed by atoms with Crippen molar-refractivity contribution in [1.29, 1.82) is 0 Å².